The number of nitrogens with zero attached hydrogens (tertiary/aromatic N) is 4. The maximum Gasteiger partial charge on any atom is 0.304 e. The lowest BCUT2D eigenvalue weighted by atomic mass is 9.94. The molecule has 2 aromatic carbocycles. The first-order chi connectivity index (χ1) is 20.0. The van der Waals surface area contributed by atoms with Gasteiger partial charge in [-0.1, -0.05) is 54.6 Å². The van der Waals surface area contributed by atoms with Crippen LogP contribution in [0.1, 0.15) is 37.7 Å². The number of carbonyl (C=O) groups is 3. The van der Waals surface area contributed by atoms with Crippen LogP contribution in [0.3, 0.4) is 0 Å². The SMILES string of the molecule is O=C(O)C[C@@H](Cc1ccccc1)C(=O)N(c1nc(-c2ccccc2-c2ccc(N3CCCC3=O)nc2)cs1)C1CC1. The second-order valence-corrected chi connectivity index (χ2v) is 11.4. The Kier molecular flexibility index (Phi) is 7.61. The van der Waals surface area contributed by atoms with Crippen LogP contribution in [0.5, 0.6) is 0 Å². The molecule has 6 rings (SSSR count). The molecule has 3 heterocycles. The summed E-state index contributed by atoms with van der Waals surface area (Å²) < 4.78 is 0. The predicted octanol–water partition coefficient (Wildman–Crippen LogP) is 5.83. The third kappa shape index (κ3) is 5.90. The molecule has 0 bridgehead atoms. The minimum atomic E-state index is -0.988. The normalized spacial score (nSPS) is 15.6. The Balaban J connectivity index is 1.28. The molecule has 8 nitrogen and oxygen atoms in total. The van der Waals surface area contributed by atoms with Crippen LogP contribution in [-0.4, -0.2) is 45.4 Å². The van der Waals surface area contributed by atoms with E-state index < -0.39 is 11.9 Å². The van der Waals surface area contributed by atoms with Gasteiger partial charge in [0.2, 0.25) is 11.8 Å². The topological polar surface area (TPSA) is 104 Å². The first kappa shape index (κ1) is 26.8. The van der Waals surface area contributed by atoms with E-state index in [4.69, 9.17) is 4.98 Å². The van der Waals surface area contributed by atoms with E-state index in [1.807, 2.05) is 72.1 Å². The van der Waals surface area contributed by atoms with E-state index in [1.165, 1.54) is 11.3 Å². The number of pyridine rings is 1. The number of carboxylic acids is 1. The summed E-state index contributed by atoms with van der Waals surface area (Å²) in [6.07, 6.45) is 5.07. The number of aliphatic carboxylic acids is 1. The van der Waals surface area contributed by atoms with Gasteiger partial charge in [-0.2, -0.15) is 0 Å². The molecule has 9 heteroatoms. The molecule has 0 radical (unpaired) electrons. The van der Waals surface area contributed by atoms with Gasteiger partial charge >= 0.3 is 5.97 Å². The molecule has 1 aliphatic carbocycles. The average Bonchev–Trinajstić information content (AvgIpc) is 3.53. The third-order valence-corrected chi connectivity index (χ3v) is 8.39. The van der Waals surface area contributed by atoms with Crippen LogP contribution in [-0.2, 0) is 20.8 Å². The highest BCUT2D eigenvalue weighted by molar-refractivity contribution is 7.14. The number of thiazole rings is 1. The fourth-order valence-corrected chi connectivity index (χ4v) is 6.27. The molecule has 1 N–H and O–H groups in total. The molecule has 2 aliphatic rings. The van der Waals surface area contributed by atoms with Crippen molar-refractivity contribution in [3.8, 4) is 22.4 Å². The predicted molar refractivity (Wildman–Crippen MR) is 159 cm³/mol. The Labute approximate surface area is 242 Å². The number of carbonyl (C=O) groups excluding carboxylic acids is 2. The van der Waals surface area contributed by atoms with Crippen molar-refractivity contribution >= 4 is 40.1 Å². The van der Waals surface area contributed by atoms with Gasteiger partial charge in [0.15, 0.2) is 5.13 Å². The third-order valence-electron chi connectivity index (χ3n) is 7.55. The minimum absolute atomic E-state index is 0.0360. The Bertz CT molecular complexity index is 1570. The zero-order valence-electron chi connectivity index (χ0n) is 22.5. The van der Waals surface area contributed by atoms with Crippen LogP contribution < -0.4 is 9.80 Å². The summed E-state index contributed by atoms with van der Waals surface area (Å²) in [5, 5.41) is 12.1. The van der Waals surface area contributed by atoms with Gasteiger partial charge < -0.3 is 5.11 Å². The molecule has 2 aromatic heterocycles. The number of hydrogen-bond acceptors (Lipinski definition) is 6. The lowest BCUT2D eigenvalue weighted by Gasteiger charge is -2.25. The zero-order chi connectivity index (χ0) is 28.3. The van der Waals surface area contributed by atoms with Crippen LogP contribution >= 0.6 is 11.3 Å². The second-order valence-electron chi connectivity index (χ2n) is 10.5. The smallest absolute Gasteiger partial charge is 0.304 e. The van der Waals surface area contributed by atoms with Crippen LogP contribution in [0.25, 0.3) is 22.4 Å². The molecule has 1 aliphatic heterocycles. The largest absolute Gasteiger partial charge is 0.481 e. The van der Waals surface area contributed by atoms with Crippen molar-refractivity contribution in [2.24, 2.45) is 5.92 Å². The molecule has 0 unspecified atom stereocenters. The Morgan fingerprint density at radius 1 is 1.02 bits per heavy atom. The average molecular weight is 567 g/mol. The van der Waals surface area contributed by atoms with E-state index in [2.05, 4.69) is 4.98 Å². The molecule has 1 atom stereocenters. The lowest BCUT2D eigenvalue weighted by Crippen LogP contribution is -2.39. The Hall–Kier alpha value is -4.37. The van der Waals surface area contributed by atoms with Crippen molar-refractivity contribution in [1.29, 1.82) is 0 Å². The van der Waals surface area contributed by atoms with E-state index in [-0.39, 0.29) is 24.3 Å². The van der Waals surface area contributed by atoms with Crippen molar-refractivity contribution in [1.82, 2.24) is 9.97 Å². The maximum absolute atomic E-state index is 13.9. The molecule has 1 saturated heterocycles. The fraction of sp³-hybridized carbons (Fsp3) is 0.281. The van der Waals surface area contributed by atoms with Crippen molar-refractivity contribution in [2.75, 3.05) is 16.3 Å². The summed E-state index contributed by atoms with van der Waals surface area (Å²) in [5.74, 6) is -1.09. The van der Waals surface area contributed by atoms with Crippen molar-refractivity contribution in [3.63, 3.8) is 0 Å². The van der Waals surface area contributed by atoms with E-state index in [0.29, 0.717) is 30.3 Å². The summed E-state index contributed by atoms with van der Waals surface area (Å²) in [4.78, 5) is 50.6. The molecule has 4 aromatic rings. The van der Waals surface area contributed by atoms with E-state index in [9.17, 15) is 19.5 Å². The van der Waals surface area contributed by atoms with Crippen LogP contribution in [0.15, 0.2) is 78.3 Å². The highest BCUT2D eigenvalue weighted by Crippen LogP contribution is 2.39. The van der Waals surface area contributed by atoms with Gasteiger partial charge in [0.25, 0.3) is 0 Å². The zero-order valence-corrected chi connectivity index (χ0v) is 23.3. The van der Waals surface area contributed by atoms with Crippen molar-refractivity contribution < 1.29 is 19.5 Å². The summed E-state index contributed by atoms with van der Waals surface area (Å²) in [5.41, 5.74) is 4.45. The number of hydrogen-bond donors (Lipinski definition) is 1. The van der Waals surface area contributed by atoms with Crippen LogP contribution in [0, 0.1) is 5.92 Å². The highest BCUT2D eigenvalue weighted by atomic mass is 32.1. The molecular weight excluding hydrogens is 536 g/mol. The standard InChI is InChI=1S/C32H30N4O4S/c37-29-11-6-16-35(29)28-15-12-22(19-33-28)25-9-4-5-10-26(25)27-20-41-32(34-27)36(24-13-14-24)31(40)23(18-30(38)39)17-21-7-2-1-3-8-21/h1-5,7-10,12,15,19-20,23-24H,6,11,13-14,16-18H2,(H,38,39)/t23-/m1/s1. The molecular formula is C32H30N4O4S. The molecule has 208 valence electrons. The molecule has 1 saturated carbocycles. The van der Waals surface area contributed by atoms with E-state index >= 15 is 0 Å². The Morgan fingerprint density at radius 3 is 2.44 bits per heavy atom. The molecule has 2 fully saturated rings. The van der Waals surface area contributed by atoms with Gasteiger partial charge in [0.05, 0.1) is 18.0 Å². The quantitative estimate of drug-likeness (QED) is 0.259. The van der Waals surface area contributed by atoms with Gasteiger partial charge in [0.1, 0.15) is 5.82 Å². The van der Waals surface area contributed by atoms with Gasteiger partial charge in [-0.05, 0) is 48.9 Å². The van der Waals surface area contributed by atoms with Gasteiger partial charge in [-0.25, -0.2) is 9.97 Å². The van der Waals surface area contributed by atoms with Crippen molar-refractivity contribution in [2.45, 2.75) is 44.6 Å². The highest BCUT2D eigenvalue weighted by Gasteiger charge is 2.39. The summed E-state index contributed by atoms with van der Waals surface area (Å²) in [6, 6.07) is 21.4. The number of rotatable bonds is 10. The number of benzene rings is 2. The fourth-order valence-electron chi connectivity index (χ4n) is 5.37. The Morgan fingerprint density at radius 2 is 1.78 bits per heavy atom. The number of anilines is 2. The number of amides is 2. The van der Waals surface area contributed by atoms with Crippen molar-refractivity contribution in [3.05, 3.63) is 83.9 Å². The van der Waals surface area contributed by atoms with Crippen LogP contribution in [0.4, 0.5) is 10.9 Å². The lowest BCUT2D eigenvalue weighted by molar-refractivity contribution is -0.140. The minimum Gasteiger partial charge on any atom is -0.481 e. The van der Waals surface area contributed by atoms with Gasteiger partial charge in [-0.15, -0.1) is 11.3 Å². The van der Waals surface area contributed by atoms with E-state index in [1.54, 1.807) is 16.0 Å². The summed E-state index contributed by atoms with van der Waals surface area (Å²) in [7, 11) is 0. The van der Waals surface area contributed by atoms with Crippen LogP contribution in [0.2, 0.25) is 0 Å². The molecule has 2 amide bonds. The second kappa shape index (κ2) is 11.6. The molecule has 0 spiro atoms. The summed E-state index contributed by atoms with van der Waals surface area (Å²) in [6.45, 7) is 0.693. The first-order valence-corrected chi connectivity index (χ1v) is 14.8. The summed E-state index contributed by atoms with van der Waals surface area (Å²) >= 11 is 1.40. The van der Waals surface area contributed by atoms with Gasteiger partial charge in [0, 0.05) is 41.7 Å². The van der Waals surface area contributed by atoms with Gasteiger partial charge in [-0.3, -0.25) is 24.2 Å². The maximum atomic E-state index is 13.9. The number of carboxylic acid groups (broad SMARTS) is 1. The first-order valence-electron chi connectivity index (χ1n) is 13.9. The molecule has 41 heavy (non-hydrogen) atoms. The number of aromatic nitrogens is 2. The monoisotopic (exact) mass is 566 g/mol. The van der Waals surface area contributed by atoms with E-state index in [0.717, 1.165) is 47.2 Å².